The number of phenols is 1. The molecule has 8 nitrogen and oxygen atoms in total. The molecular weight excluding hydrogens is 306 g/mol. The van der Waals surface area contributed by atoms with Crippen LogP contribution in [0, 0.1) is 0 Å². The molecule has 0 unspecified atom stereocenters. The molecule has 2 amide bonds. The second-order valence-corrected chi connectivity index (χ2v) is 4.53. The van der Waals surface area contributed by atoms with E-state index in [9.17, 15) is 19.5 Å². The lowest BCUT2D eigenvalue weighted by atomic mass is 10.2. The first-order valence-corrected chi connectivity index (χ1v) is 6.70. The molecule has 0 aromatic heterocycles. The first-order chi connectivity index (χ1) is 11.0. The van der Waals surface area contributed by atoms with Crippen molar-refractivity contribution in [3.05, 3.63) is 29.8 Å². The van der Waals surface area contributed by atoms with Crippen LogP contribution in [0.4, 0.5) is 4.79 Å². The van der Waals surface area contributed by atoms with Gasteiger partial charge in [-0.25, -0.2) is 14.5 Å². The number of benzene rings is 1. The summed E-state index contributed by atoms with van der Waals surface area (Å²) >= 11 is 0. The Hall–Kier alpha value is -3.03. The van der Waals surface area contributed by atoms with E-state index in [2.05, 4.69) is 4.74 Å². The summed E-state index contributed by atoms with van der Waals surface area (Å²) in [6.45, 7) is -0.253. The summed E-state index contributed by atoms with van der Waals surface area (Å²) in [4.78, 5) is 35.2. The number of hydrogen-bond acceptors (Lipinski definition) is 7. The lowest BCUT2D eigenvalue weighted by Gasteiger charge is -2.09. The van der Waals surface area contributed by atoms with E-state index in [4.69, 9.17) is 9.47 Å². The van der Waals surface area contributed by atoms with E-state index in [1.807, 2.05) is 0 Å². The first kappa shape index (κ1) is 16.3. The van der Waals surface area contributed by atoms with Gasteiger partial charge in [0, 0.05) is 6.08 Å². The van der Waals surface area contributed by atoms with Gasteiger partial charge in [-0.15, -0.1) is 0 Å². The number of imide groups is 1. The van der Waals surface area contributed by atoms with Crippen LogP contribution in [0.25, 0.3) is 6.08 Å². The van der Waals surface area contributed by atoms with Gasteiger partial charge < -0.3 is 19.3 Å². The van der Waals surface area contributed by atoms with Crippen molar-refractivity contribution in [1.82, 2.24) is 4.90 Å². The van der Waals surface area contributed by atoms with Crippen LogP contribution < -0.4 is 4.74 Å². The zero-order chi connectivity index (χ0) is 16.8. The van der Waals surface area contributed by atoms with Gasteiger partial charge in [0.2, 0.25) is 0 Å². The predicted molar refractivity (Wildman–Crippen MR) is 77.7 cm³/mol. The standard InChI is InChI=1S/C15H15NO7/c1-21-12-8-10(2-4-11(12)17)3-5-14(19)23-9-13(18)16-6-7-22-15(16)20/h2-5,8,17H,6-7,9H2,1H3/b5-3+. The summed E-state index contributed by atoms with van der Waals surface area (Å²) in [5.74, 6) is -1.13. The van der Waals surface area contributed by atoms with Gasteiger partial charge in [0.05, 0.1) is 13.7 Å². The van der Waals surface area contributed by atoms with Gasteiger partial charge in [-0.1, -0.05) is 6.07 Å². The minimum absolute atomic E-state index is 0.0182. The molecule has 122 valence electrons. The highest BCUT2D eigenvalue weighted by Gasteiger charge is 2.28. The molecule has 0 spiro atoms. The second kappa shape index (κ2) is 7.30. The Kier molecular flexibility index (Phi) is 5.19. The molecule has 23 heavy (non-hydrogen) atoms. The molecule has 1 aliphatic heterocycles. The van der Waals surface area contributed by atoms with Crippen molar-refractivity contribution in [2.45, 2.75) is 0 Å². The largest absolute Gasteiger partial charge is 0.504 e. The number of nitrogens with zero attached hydrogens (tertiary/aromatic N) is 1. The van der Waals surface area contributed by atoms with E-state index in [1.54, 1.807) is 6.07 Å². The lowest BCUT2D eigenvalue weighted by molar-refractivity contribution is -0.146. The van der Waals surface area contributed by atoms with E-state index >= 15 is 0 Å². The van der Waals surface area contributed by atoms with Gasteiger partial charge in [0.1, 0.15) is 6.61 Å². The Bertz CT molecular complexity index is 653. The molecule has 0 aliphatic carbocycles. The quantitative estimate of drug-likeness (QED) is 0.636. The summed E-state index contributed by atoms with van der Waals surface area (Å²) in [5, 5.41) is 9.46. The maximum absolute atomic E-state index is 11.6. The fraction of sp³-hybridized carbons (Fsp3) is 0.267. The number of carbonyl (C=O) groups is 3. The third-order valence-electron chi connectivity index (χ3n) is 3.02. The molecular formula is C15H15NO7. The molecule has 0 bridgehead atoms. The zero-order valence-corrected chi connectivity index (χ0v) is 12.4. The van der Waals surface area contributed by atoms with Crippen LogP contribution in [0.15, 0.2) is 24.3 Å². The molecule has 1 aliphatic rings. The summed E-state index contributed by atoms with van der Waals surface area (Å²) in [6.07, 6.45) is 1.83. The number of amides is 2. The van der Waals surface area contributed by atoms with Crippen molar-refractivity contribution in [2.24, 2.45) is 0 Å². The van der Waals surface area contributed by atoms with E-state index in [1.165, 1.54) is 25.3 Å². The van der Waals surface area contributed by atoms with Crippen LogP contribution in [0.1, 0.15) is 5.56 Å². The summed E-state index contributed by atoms with van der Waals surface area (Å²) < 4.78 is 14.3. The maximum atomic E-state index is 11.6. The van der Waals surface area contributed by atoms with Crippen molar-refractivity contribution < 1.29 is 33.7 Å². The van der Waals surface area contributed by atoms with Crippen LogP contribution in [-0.2, 0) is 19.1 Å². The van der Waals surface area contributed by atoms with Gasteiger partial charge >= 0.3 is 12.1 Å². The third kappa shape index (κ3) is 4.22. The second-order valence-electron chi connectivity index (χ2n) is 4.53. The fourth-order valence-electron chi connectivity index (χ4n) is 1.84. The summed E-state index contributed by atoms with van der Waals surface area (Å²) in [7, 11) is 1.41. The number of rotatable bonds is 5. The molecule has 1 aromatic carbocycles. The molecule has 1 saturated heterocycles. The van der Waals surface area contributed by atoms with Crippen LogP contribution in [0.3, 0.4) is 0 Å². The topological polar surface area (TPSA) is 102 Å². The molecule has 0 saturated carbocycles. The number of methoxy groups -OCH3 is 1. The fourth-order valence-corrected chi connectivity index (χ4v) is 1.84. The number of ether oxygens (including phenoxy) is 3. The first-order valence-electron chi connectivity index (χ1n) is 6.70. The highest BCUT2D eigenvalue weighted by molar-refractivity contribution is 5.95. The monoisotopic (exact) mass is 321 g/mol. The Labute approximate surface area is 131 Å². The molecule has 1 N–H and O–H groups in total. The molecule has 0 radical (unpaired) electrons. The van der Waals surface area contributed by atoms with E-state index < -0.39 is 24.6 Å². The van der Waals surface area contributed by atoms with Crippen molar-refractivity contribution in [1.29, 1.82) is 0 Å². The molecule has 2 rings (SSSR count). The number of aromatic hydroxyl groups is 1. The minimum Gasteiger partial charge on any atom is -0.504 e. The maximum Gasteiger partial charge on any atom is 0.416 e. The van der Waals surface area contributed by atoms with Gasteiger partial charge in [-0.05, 0) is 23.8 Å². The Morgan fingerprint density at radius 1 is 1.43 bits per heavy atom. The average Bonchev–Trinajstić information content (AvgIpc) is 2.98. The van der Waals surface area contributed by atoms with Gasteiger partial charge in [-0.2, -0.15) is 0 Å². The highest BCUT2D eigenvalue weighted by atomic mass is 16.6. The SMILES string of the molecule is COc1cc(/C=C/C(=O)OCC(=O)N2CCOC2=O)ccc1O. The number of carbonyl (C=O) groups excluding carboxylic acids is 3. The molecule has 1 fully saturated rings. The Morgan fingerprint density at radius 3 is 2.87 bits per heavy atom. The van der Waals surface area contributed by atoms with Crippen molar-refractivity contribution in [3.63, 3.8) is 0 Å². The average molecular weight is 321 g/mol. The number of phenolic OH excluding ortho intramolecular Hbond substituents is 1. The van der Waals surface area contributed by atoms with Gasteiger partial charge in [-0.3, -0.25) is 4.79 Å². The van der Waals surface area contributed by atoms with Crippen LogP contribution in [0.5, 0.6) is 11.5 Å². The van der Waals surface area contributed by atoms with E-state index in [0.717, 1.165) is 11.0 Å². The summed E-state index contributed by atoms with van der Waals surface area (Å²) in [5.41, 5.74) is 0.603. The number of hydrogen-bond donors (Lipinski definition) is 1. The van der Waals surface area contributed by atoms with E-state index in [0.29, 0.717) is 5.56 Å². The zero-order valence-electron chi connectivity index (χ0n) is 12.4. The molecule has 1 aromatic rings. The number of cyclic esters (lactones) is 1. The molecule has 8 heteroatoms. The molecule has 0 atom stereocenters. The normalized spacial score (nSPS) is 14.0. The van der Waals surface area contributed by atoms with Gasteiger partial charge in [0.25, 0.3) is 5.91 Å². The van der Waals surface area contributed by atoms with E-state index in [-0.39, 0.29) is 24.7 Å². The third-order valence-corrected chi connectivity index (χ3v) is 3.02. The Balaban J connectivity index is 1.87. The predicted octanol–water partition coefficient (Wildman–Crippen LogP) is 0.936. The van der Waals surface area contributed by atoms with Crippen molar-refractivity contribution in [3.8, 4) is 11.5 Å². The summed E-state index contributed by atoms with van der Waals surface area (Å²) in [6, 6.07) is 4.53. The minimum atomic E-state index is -0.738. The van der Waals surface area contributed by atoms with Crippen molar-refractivity contribution >= 4 is 24.0 Å². The highest BCUT2D eigenvalue weighted by Crippen LogP contribution is 2.26. The number of esters is 1. The van der Waals surface area contributed by atoms with Crippen LogP contribution in [0.2, 0.25) is 0 Å². The molecule has 1 heterocycles. The Morgan fingerprint density at radius 2 is 2.22 bits per heavy atom. The lowest BCUT2D eigenvalue weighted by Crippen LogP contribution is -2.35. The van der Waals surface area contributed by atoms with Crippen LogP contribution >= 0.6 is 0 Å². The smallest absolute Gasteiger partial charge is 0.416 e. The van der Waals surface area contributed by atoms with Crippen LogP contribution in [-0.4, -0.2) is 54.8 Å². The van der Waals surface area contributed by atoms with Crippen molar-refractivity contribution in [2.75, 3.05) is 26.9 Å². The van der Waals surface area contributed by atoms with Gasteiger partial charge in [0.15, 0.2) is 18.1 Å².